The van der Waals surface area contributed by atoms with Crippen molar-refractivity contribution in [1.82, 2.24) is 0 Å². The Balaban J connectivity index is 1.76. The van der Waals surface area contributed by atoms with Gasteiger partial charge in [-0.2, -0.15) is 0 Å². The number of benzene rings is 3. The summed E-state index contributed by atoms with van der Waals surface area (Å²) in [5, 5.41) is 0. The molecule has 29 heavy (non-hydrogen) atoms. The molecule has 0 amide bonds. The first-order valence-corrected chi connectivity index (χ1v) is 9.45. The molecule has 0 heterocycles. The average Bonchev–Trinajstić information content (AvgIpc) is 2.97. The fourth-order valence-corrected chi connectivity index (χ4v) is 3.97. The Morgan fingerprint density at radius 1 is 0.793 bits per heavy atom. The summed E-state index contributed by atoms with van der Waals surface area (Å²) in [4.78, 5) is 39.9. The Labute approximate surface area is 169 Å². The van der Waals surface area contributed by atoms with Gasteiger partial charge in [0.2, 0.25) is 0 Å². The van der Waals surface area contributed by atoms with Gasteiger partial charge in [0, 0.05) is 23.1 Å². The van der Waals surface area contributed by atoms with E-state index in [-0.39, 0.29) is 30.2 Å². The van der Waals surface area contributed by atoms with Crippen molar-refractivity contribution in [2.75, 3.05) is 7.11 Å². The van der Waals surface area contributed by atoms with Crippen LogP contribution >= 0.6 is 0 Å². The zero-order valence-electron chi connectivity index (χ0n) is 16.1. The molecule has 0 radical (unpaired) electrons. The van der Waals surface area contributed by atoms with Crippen LogP contribution < -0.4 is 4.74 Å². The molecular formula is C25H20O4. The van der Waals surface area contributed by atoms with Crippen LogP contribution in [-0.2, 0) is 6.42 Å². The summed E-state index contributed by atoms with van der Waals surface area (Å²) in [6, 6.07) is 22.8. The molecule has 0 aromatic heterocycles. The second kappa shape index (κ2) is 7.47. The van der Waals surface area contributed by atoms with E-state index in [2.05, 4.69) is 0 Å². The average molecular weight is 384 g/mol. The Hall–Kier alpha value is -3.53. The highest BCUT2D eigenvalue weighted by atomic mass is 16.5. The summed E-state index contributed by atoms with van der Waals surface area (Å²) in [5.74, 6) is -0.0828. The molecular weight excluding hydrogens is 364 g/mol. The van der Waals surface area contributed by atoms with Crippen molar-refractivity contribution in [3.05, 3.63) is 101 Å². The van der Waals surface area contributed by atoms with Crippen LogP contribution in [0.1, 0.15) is 43.1 Å². The number of methoxy groups -OCH3 is 1. The highest BCUT2D eigenvalue weighted by Crippen LogP contribution is 2.43. The number of carbonyl (C=O) groups excluding carboxylic acids is 3. The van der Waals surface area contributed by atoms with Crippen LogP contribution in [0, 0.1) is 5.41 Å². The van der Waals surface area contributed by atoms with Gasteiger partial charge in [0.25, 0.3) is 0 Å². The van der Waals surface area contributed by atoms with Crippen LogP contribution in [0.2, 0.25) is 0 Å². The summed E-state index contributed by atoms with van der Waals surface area (Å²) in [5.41, 5.74) is 0.670. The van der Waals surface area contributed by atoms with Crippen molar-refractivity contribution in [3.8, 4) is 5.75 Å². The van der Waals surface area contributed by atoms with Crippen molar-refractivity contribution < 1.29 is 19.1 Å². The normalized spacial score (nSPS) is 14.5. The molecule has 0 atom stereocenters. The van der Waals surface area contributed by atoms with E-state index in [1.807, 2.05) is 18.2 Å². The lowest BCUT2D eigenvalue weighted by atomic mass is 9.72. The van der Waals surface area contributed by atoms with Crippen LogP contribution in [0.15, 0.2) is 78.9 Å². The second-order valence-electron chi connectivity index (χ2n) is 7.28. The molecule has 0 unspecified atom stereocenters. The maximum atomic E-state index is 13.4. The standard InChI is InChI=1S/C25H20O4/c1-29-19-13-11-17(12-14-19)15-25(16-22(26)18-7-3-2-4-8-18)23(27)20-9-5-6-10-21(20)24(25)28/h2-14H,15-16H2,1H3. The molecule has 0 bridgehead atoms. The second-order valence-corrected chi connectivity index (χ2v) is 7.28. The van der Waals surface area contributed by atoms with E-state index in [9.17, 15) is 14.4 Å². The summed E-state index contributed by atoms with van der Waals surface area (Å²) in [6.45, 7) is 0. The van der Waals surface area contributed by atoms with Crippen LogP contribution in [-0.4, -0.2) is 24.5 Å². The molecule has 3 aromatic carbocycles. The van der Waals surface area contributed by atoms with Crippen molar-refractivity contribution in [2.45, 2.75) is 12.8 Å². The molecule has 0 aliphatic heterocycles. The van der Waals surface area contributed by atoms with Crippen LogP contribution in [0.3, 0.4) is 0 Å². The fourth-order valence-electron chi connectivity index (χ4n) is 3.97. The quantitative estimate of drug-likeness (QED) is 0.461. The smallest absolute Gasteiger partial charge is 0.178 e. The van der Waals surface area contributed by atoms with Gasteiger partial charge in [-0.05, 0) is 24.1 Å². The Morgan fingerprint density at radius 3 is 1.90 bits per heavy atom. The number of fused-ring (bicyclic) bond motifs is 1. The van der Waals surface area contributed by atoms with Crippen LogP contribution in [0.4, 0.5) is 0 Å². The van der Waals surface area contributed by atoms with Gasteiger partial charge < -0.3 is 4.74 Å². The molecule has 0 saturated heterocycles. The molecule has 0 spiro atoms. The molecule has 4 rings (SSSR count). The van der Waals surface area contributed by atoms with Crippen molar-refractivity contribution in [3.63, 3.8) is 0 Å². The topological polar surface area (TPSA) is 60.4 Å². The molecule has 0 saturated carbocycles. The lowest BCUT2D eigenvalue weighted by Crippen LogP contribution is -2.38. The number of ether oxygens (including phenoxy) is 1. The molecule has 3 aromatic rings. The number of hydrogen-bond donors (Lipinski definition) is 0. The fraction of sp³-hybridized carbons (Fsp3) is 0.160. The Bertz CT molecular complexity index is 1050. The zero-order chi connectivity index (χ0) is 20.4. The van der Waals surface area contributed by atoms with Gasteiger partial charge in [-0.1, -0.05) is 66.7 Å². The number of Topliss-reactive ketones (excluding diaryl/α,β-unsaturated/α-hetero) is 3. The van der Waals surface area contributed by atoms with Gasteiger partial charge in [0.1, 0.15) is 11.2 Å². The van der Waals surface area contributed by atoms with Gasteiger partial charge >= 0.3 is 0 Å². The summed E-state index contributed by atoms with van der Waals surface area (Å²) >= 11 is 0. The highest BCUT2D eigenvalue weighted by Gasteiger charge is 2.53. The monoisotopic (exact) mass is 384 g/mol. The van der Waals surface area contributed by atoms with E-state index < -0.39 is 5.41 Å². The van der Waals surface area contributed by atoms with Crippen LogP contribution in [0.25, 0.3) is 0 Å². The summed E-state index contributed by atoms with van der Waals surface area (Å²) in [7, 11) is 1.58. The van der Waals surface area contributed by atoms with Crippen molar-refractivity contribution in [2.24, 2.45) is 5.41 Å². The first-order valence-electron chi connectivity index (χ1n) is 9.45. The molecule has 4 nitrogen and oxygen atoms in total. The number of carbonyl (C=O) groups is 3. The van der Waals surface area contributed by atoms with Gasteiger partial charge in [-0.3, -0.25) is 14.4 Å². The highest BCUT2D eigenvalue weighted by molar-refractivity contribution is 6.31. The minimum atomic E-state index is -1.43. The first-order chi connectivity index (χ1) is 14.0. The van der Waals surface area contributed by atoms with Gasteiger partial charge in [0.05, 0.1) is 7.11 Å². The third kappa shape index (κ3) is 3.27. The summed E-state index contributed by atoms with van der Waals surface area (Å²) in [6.07, 6.45) is 0.0112. The number of rotatable bonds is 6. The maximum absolute atomic E-state index is 13.4. The zero-order valence-corrected chi connectivity index (χ0v) is 16.1. The largest absolute Gasteiger partial charge is 0.497 e. The third-order valence-electron chi connectivity index (χ3n) is 5.51. The van der Waals surface area contributed by atoms with Gasteiger partial charge in [-0.15, -0.1) is 0 Å². The van der Waals surface area contributed by atoms with Gasteiger partial charge in [0.15, 0.2) is 17.3 Å². The van der Waals surface area contributed by atoms with E-state index >= 15 is 0 Å². The molecule has 0 N–H and O–H groups in total. The van der Waals surface area contributed by atoms with E-state index in [4.69, 9.17) is 4.74 Å². The molecule has 144 valence electrons. The minimum absolute atomic E-state index is 0.157. The van der Waals surface area contributed by atoms with E-state index in [1.54, 1.807) is 67.8 Å². The molecule has 0 fully saturated rings. The van der Waals surface area contributed by atoms with Gasteiger partial charge in [-0.25, -0.2) is 0 Å². The van der Waals surface area contributed by atoms with Crippen LogP contribution in [0.5, 0.6) is 5.75 Å². The summed E-state index contributed by atoms with van der Waals surface area (Å²) < 4.78 is 5.19. The van der Waals surface area contributed by atoms with E-state index in [0.29, 0.717) is 22.4 Å². The predicted octanol–water partition coefficient (Wildman–Crippen LogP) is 4.58. The molecule has 4 heteroatoms. The maximum Gasteiger partial charge on any atom is 0.178 e. The van der Waals surface area contributed by atoms with Crippen molar-refractivity contribution in [1.29, 1.82) is 0 Å². The first kappa shape index (κ1) is 18.8. The minimum Gasteiger partial charge on any atom is -0.497 e. The van der Waals surface area contributed by atoms with E-state index in [1.165, 1.54) is 0 Å². The number of ketones is 3. The molecule has 1 aliphatic carbocycles. The molecule has 1 aliphatic rings. The number of hydrogen-bond acceptors (Lipinski definition) is 4. The predicted molar refractivity (Wildman–Crippen MR) is 110 cm³/mol. The lowest BCUT2D eigenvalue weighted by molar-refractivity contribution is 0.0642. The third-order valence-corrected chi connectivity index (χ3v) is 5.51. The van der Waals surface area contributed by atoms with E-state index in [0.717, 1.165) is 5.56 Å². The SMILES string of the molecule is COc1ccc(CC2(CC(=O)c3ccccc3)C(=O)c3ccccc3C2=O)cc1. The Morgan fingerprint density at radius 2 is 1.34 bits per heavy atom. The van der Waals surface area contributed by atoms with Crippen molar-refractivity contribution >= 4 is 17.3 Å². The lowest BCUT2D eigenvalue weighted by Gasteiger charge is -2.25. The Kier molecular flexibility index (Phi) is 4.85.